The summed E-state index contributed by atoms with van der Waals surface area (Å²) in [5, 5.41) is 9.35. The fraction of sp³-hybridized carbons (Fsp3) is 0.438. The predicted molar refractivity (Wildman–Crippen MR) is 73.2 cm³/mol. The quantitative estimate of drug-likeness (QED) is 0.816. The number of rotatable bonds is 3. The van der Waals surface area contributed by atoms with Gasteiger partial charge < -0.3 is 5.11 Å². The van der Waals surface area contributed by atoms with Crippen LogP contribution in [0.15, 0.2) is 36.4 Å². The van der Waals surface area contributed by atoms with Gasteiger partial charge in [0.15, 0.2) is 0 Å². The van der Waals surface area contributed by atoms with E-state index in [2.05, 4.69) is 6.92 Å². The molecule has 0 amide bonds. The fourth-order valence-corrected chi connectivity index (χ4v) is 2.78. The van der Waals surface area contributed by atoms with Crippen molar-refractivity contribution in [1.82, 2.24) is 0 Å². The van der Waals surface area contributed by atoms with Crippen molar-refractivity contribution in [3.8, 4) is 0 Å². The Morgan fingerprint density at radius 3 is 2.61 bits per heavy atom. The summed E-state index contributed by atoms with van der Waals surface area (Å²) in [4.78, 5) is 11.4. The lowest BCUT2D eigenvalue weighted by Gasteiger charge is -2.24. The van der Waals surface area contributed by atoms with Crippen LogP contribution in [0.4, 0.5) is 0 Å². The molecular weight excluding hydrogens is 224 g/mol. The molecule has 1 aliphatic rings. The van der Waals surface area contributed by atoms with Gasteiger partial charge in [-0.1, -0.05) is 56.2 Å². The van der Waals surface area contributed by atoms with Crippen molar-refractivity contribution in [3.05, 3.63) is 42.0 Å². The van der Waals surface area contributed by atoms with Crippen LogP contribution >= 0.6 is 0 Å². The molecule has 2 nitrogen and oxygen atoms in total. The first-order valence-electron chi connectivity index (χ1n) is 6.67. The minimum Gasteiger partial charge on any atom is -0.478 e. The first-order valence-corrected chi connectivity index (χ1v) is 6.67. The lowest BCUT2D eigenvalue weighted by molar-refractivity contribution is -0.130. The fourth-order valence-electron chi connectivity index (χ4n) is 2.78. The van der Waals surface area contributed by atoms with Gasteiger partial charge in [0.25, 0.3) is 0 Å². The maximum absolute atomic E-state index is 11.4. The topological polar surface area (TPSA) is 37.3 Å². The second-order valence-electron chi connectivity index (χ2n) is 5.28. The molecule has 2 unspecified atom stereocenters. The van der Waals surface area contributed by atoms with Gasteiger partial charge in [0.1, 0.15) is 0 Å². The Bertz CT molecular complexity index is 434. The van der Waals surface area contributed by atoms with Gasteiger partial charge in [-0.3, -0.25) is 0 Å². The van der Waals surface area contributed by atoms with Crippen LogP contribution in [0.3, 0.4) is 0 Å². The van der Waals surface area contributed by atoms with Crippen molar-refractivity contribution in [3.63, 3.8) is 0 Å². The molecule has 0 spiro atoms. The van der Waals surface area contributed by atoms with Crippen LogP contribution in [0.2, 0.25) is 0 Å². The number of aliphatic carboxylic acids is 1. The highest BCUT2D eigenvalue weighted by atomic mass is 16.4. The molecule has 1 aromatic carbocycles. The monoisotopic (exact) mass is 244 g/mol. The van der Waals surface area contributed by atoms with E-state index >= 15 is 0 Å². The second-order valence-corrected chi connectivity index (χ2v) is 5.28. The number of carboxylic acids is 1. The van der Waals surface area contributed by atoms with Crippen molar-refractivity contribution >= 4 is 11.5 Å². The average molecular weight is 244 g/mol. The van der Waals surface area contributed by atoms with E-state index in [4.69, 9.17) is 0 Å². The SMILES string of the molecule is CC1CCCC(C=C(C(=O)O)c2ccccc2)C1. The van der Waals surface area contributed by atoms with Crippen LogP contribution in [-0.2, 0) is 4.79 Å². The molecule has 1 aromatic rings. The van der Waals surface area contributed by atoms with E-state index in [0.717, 1.165) is 18.4 Å². The van der Waals surface area contributed by atoms with E-state index in [1.54, 1.807) is 0 Å². The molecule has 0 saturated heterocycles. The van der Waals surface area contributed by atoms with Crippen LogP contribution in [-0.4, -0.2) is 11.1 Å². The molecule has 1 fully saturated rings. The Morgan fingerprint density at radius 1 is 1.28 bits per heavy atom. The summed E-state index contributed by atoms with van der Waals surface area (Å²) in [5.41, 5.74) is 1.26. The van der Waals surface area contributed by atoms with E-state index in [-0.39, 0.29) is 0 Å². The van der Waals surface area contributed by atoms with Gasteiger partial charge in [0.05, 0.1) is 5.57 Å². The summed E-state index contributed by atoms with van der Waals surface area (Å²) in [6.45, 7) is 2.25. The average Bonchev–Trinajstić information content (AvgIpc) is 2.37. The number of hydrogen-bond donors (Lipinski definition) is 1. The Morgan fingerprint density at radius 2 is 2.00 bits per heavy atom. The summed E-state index contributed by atoms with van der Waals surface area (Å²) < 4.78 is 0. The molecule has 96 valence electrons. The molecular formula is C16H20O2. The molecule has 18 heavy (non-hydrogen) atoms. The number of allylic oxidation sites excluding steroid dienone is 1. The molecule has 0 bridgehead atoms. The van der Waals surface area contributed by atoms with Gasteiger partial charge in [-0.2, -0.15) is 0 Å². The van der Waals surface area contributed by atoms with Crippen LogP contribution in [0, 0.1) is 11.8 Å². The number of carbonyl (C=O) groups is 1. The number of benzene rings is 1. The smallest absolute Gasteiger partial charge is 0.335 e. The Balaban J connectivity index is 2.22. The highest BCUT2D eigenvalue weighted by molar-refractivity contribution is 6.15. The lowest BCUT2D eigenvalue weighted by atomic mass is 9.81. The van der Waals surface area contributed by atoms with Crippen molar-refractivity contribution in [2.45, 2.75) is 32.6 Å². The van der Waals surface area contributed by atoms with E-state index in [1.165, 1.54) is 12.8 Å². The first kappa shape index (κ1) is 12.9. The molecule has 0 aromatic heterocycles. The molecule has 0 radical (unpaired) electrons. The van der Waals surface area contributed by atoms with Gasteiger partial charge >= 0.3 is 5.97 Å². The summed E-state index contributed by atoms with van der Waals surface area (Å²) in [7, 11) is 0. The molecule has 2 heteroatoms. The van der Waals surface area contributed by atoms with Gasteiger partial charge in [-0.05, 0) is 30.2 Å². The molecule has 1 N–H and O–H groups in total. The zero-order valence-electron chi connectivity index (χ0n) is 10.8. The summed E-state index contributed by atoms with van der Waals surface area (Å²) in [6.07, 6.45) is 6.69. The van der Waals surface area contributed by atoms with Crippen LogP contribution in [0.1, 0.15) is 38.2 Å². The lowest BCUT2D eigenvalue weighted by Crippen LogP contribution is -2.13. The summed E-state index contributed by atoms with van der Waals surface area (Å²) in [5.74, 6) is 0.310. The first-order chi connectivity index (χ1) is 8.66. The Kier molecular flexibility index (Phi) is 4.19. The number of carboxylic acid groups (broad SMARTS) is 1. The minimum absolute atomic E-state index is 0.417. The molecule has 1 aliphatic carbocycles. The van der Waals surface area contributed by atoms with Crippen LogP contribution in [0.25, 0.3) is 5.57 Å². The largest absolute Gasteiger partial charge is 0.478 e. The van der Waals surface area contributed by atoms with Gasteiger partial charge in [0.2, 0.25) is 0 Å². The van der Waals surface area contributed by atoms with E-state index < -0.39 is 5.97 Å². The molecule has 0 heterocycles. The summed E-state index contributed by atoms with van der Waals surface area (Å²) in [6, 6.07) is 9.41. The highest BCUT2D eigenvalue weighted by Gasteiger charge is 2.19. The molecule has 0 aliphatic heterocycles. The second kappa shape index (κ2) is 5.85. The van der Waals surface area contributed by atoms with E-state index in [0.29, 0.717) is 17.4 Å². The maximum atomic E-state index is 11.4. The standard InChI is InChI=1S/C16H20O2/c1-12-6-5-7-13(10-12)11-15(16(17)18)14-8-3-2-4-9-14/h2-4,8-9,11-13H,5-7,10H2,1H3,(H,17,18). The molecule has 2 atom stereocenters. The molecule has 2 rings (SSSR count). The zero-order valence-corrected chi connectivity index (χ0v) is 10.8. The minimum atomic E-state index is -0.820. The van der Waals surface area contributed by atoms with Gasteiger partial charge in [0, 0.05) is 0 Å². The Labute approximate surface area is 108 Å². The molecule has 1 saturated carbocycles. The summed E-state index contributed by atoms with van der Waals surface area (Å²) >= 11 is 0. The Hall–Kier alpha value is -1.57. The third-order valence-corrected chi connectivity index (χ3v) is 3.69. The van der Waals surface area contributed by atoms with E-state index in [9.17, 15) is 9.90 Å². The highest BCUT2D eigenvalue weighted by Crippen LogP contribution is 2.31. The van der Waals surface area contributed by atoms with E-state index in [1.807, 2.05) is 36.4 Å². The van der Waals surface area contributed by atoms with Gasteiger partial charge in [-0.25, -0.2) is 4.79 Å². The van der Waals surface area contributed by atoms with Gasteiger partial charge in [-0.15, -0.1) is 0 Å². The van der Waals surface area contributed by atoms with Crippen molar-refractivity contribution in [2.75, 3.05) is 0 Å². The normalized spacial score (nSPS) is 24.8. The number of hydrogen-bond acceptors (Lipinski definition) is 1. The van der Waals surface area contributed by atoms with Crippen molar-refractivity contribution in [2.24, 2.45) is 11.8 Å². The zero-order chi connectivity index (χ0) is 13.0. The van der Waals surface area contributed by atoms with Crippen molar-refractivity contribution < 1.29 is 9.90 Å². The van der Waals surface area contributed by atoms with Crippen LogP contribution < -0.4 is 0 Å². The van der Waals surface area contributed by atoms with Crippen molar-refractivity contribution in [1.29, 1.82) is 0 Å². The van der Waals surface area contributed by atoms with Crippen LogP contribution in [0.5, 0.6) is 0 Å². The maximum Gasteiger partial charge on any atom is 0.335 e. The third-order valence-electron chi connectivity index (χ3n) is 3.69. The third kappa shape index (κ3) is 3.22. The predicted octanol–water partition coefficient (Wildman–Crippen LogP) is 3.98.